The molecule has 6 heteroatoms. The predicted molar refractivity (Wildman–Crippen MR) is 57.4 cm³/mol. The van der Waals surface area contributed by atoms with Crippen molar-refractivity contribution in [2.24, 2.45) is 11.5 Å². The average molecular weight is 214 g/mol. The normalized spacial score (nSPS) is 12.5. The molecular weight excluding hydrogens is 200 g/mol. The van der Waals surface area contributed by atoms with Crippen molar-refractivity contribution in [2.45, 2.75) is 19.9 Å². The number of nitrogens with two attached hydrogens (primary N) is 2. The number of urea groups is 1. The maximum atomic E-state index is 11.1. The number of amides is 2. The molecule has 0 fully saturated rings. The van der Waals surface area contributed by atoms with Crippen LogP contribution in [0.5, 0.6) is 0 Å². The fraction of sp³-hybridized carbons (Fsp3) is 0.500. The molecule has 0 aliphatic heterocycles. The van der Waals surface area contributed by atoms with Crippen LogP contribution in [0.3, 0.4) is 0 Å². The van der Waals surface area contributed by atoms with Gasteiger partial charge in [-0.1, -0.05) is 0 Å². The van der Waals surface area contributed by atoms with E-state index in [1.165, 1.54) is 16.2 Å². The molecule has 4 N–H and O–H groups in total. The van der Waals surface area contributed by atoms with E-state index in [1.807, 2.05) is 19.2 Å². The predicted octanol–water partition coefficient (Wildman–Crippen LogP) is 0.684. The Bertz CT molecular complexity index is 323. The molecule has 2 amide bonds. The molecule has 0 spiro atoms. The molecule has 1 rings (SSSR count). The number of anilines is 1. The van der Waals surface area contributed by atoms with Crippen LogP contribution in [-0.2, 0) is 0 Å². The first-order valence-electron chi connectivity index (χ1n) is 4.25. The Morgan fingerprint density at radius 2 is 2.43 bits per heavy atom. The molecule has 1 atom stereocenters. The minimum absolute atomic E-state index is 0.119. The van der Waals surface area contributed by atoms with Crippen molar-refractivity contribution in [1.82, 2.24) is 4.98 Å². The number of primary amides is 1. The third kappa shape index (κ3) is 2.68. The molecule has 14 heavy (non-hydrogen) atoms. The van der Waals surface area contributed by atoms with E-state index in [2.05, 4.69) is 4.98 Å². The van der Waals surface area contributed by atoms with E-state index in [9.17, 15) is 4.79 Å². The van der Waals surface area contributed by atoms with Crippen LogP contribution in [0.15, 0.2) is 5.38 Å². The van der Waals surface area contributed by atoms with Crippen LogP contribution in [0.1, 0.15) is 12.6 Å². The van der Waals surface area contributed by atoms with Gasteiger partial charge in [-0.3, -0.25) is 4.90 Å². The first-order valence-corrected chi connectivity index (χ1v) is 5.13. The lowest BCUT2D eigenvalue weighted by molar-refractivity contribution is 0.253. The minimum Gasteiger partial charge on any atom is -0.351 e. The van der Waals surface area contributed by atoms with Gasteiger partial charge in [-0.2, -0.15) is 0 Å². The Morgan fingerprint density at radius 3 is 2.79 bits per heavy atom. The molecular formula is C8H14N4OS. The highest BCUT2D eigenvalue weighted by Crippen LogP contribution is 2.19. The first kappa shape index (κ1) is 10.9. The zero-order valence-corrected chi connectivity index (χ0v) is 9.04. The molecule has 78 valence electrons. The minimum atomic E-state index is -0.517. The molecule has 5 nitrogen and oxygen atoms in total. The topological polar surface area (TPSA) is 85.2 Å². The van der Waals surface area contributed by atoms with E-state index in [1.54, 1.807) is 0 Å². The molecule has 1 heterocycles. The Labute approximate surface area is 86.7 Å². The summed E-state index contributed by atoms with van der Waals surface area (Å²) in [4.78, 5) is 16.7. The SMILES string of the molecule is Cc1csc(N(CC(C)N)C(N)=O)n1. The Hall–Kier alpha value is -1.14. The summed E-state index contributed by atoms with van der Waals surface area (Å²) in [5.41, 5.74) is 11.7. The van der Waals surface area contributed by atoms with E-state index in [0.29, 0.717) is 11.7 Å². The fourth-order valence-corrected chi connectivity index (χ4v) is 1.83. The standard InChI is InChI=1S/C8H14N4OS/c1-5(9)3-12(7(10)13)8-11-6(2)4-14-8/h4-5H,3,9H2,1-2H3,(H2,10,13). The second-order valence-electron chi connectivity index (χ2n) is 3.20. The van der Waals surface area contributed by atoms with Gasteiger partial charge in [0.15, 0.2) is 5.13 Å². The van der Waals surface area contributed by atoms with Crippen LogP contribution in [0.2, 0.25) is 0 Å². The second-order valence-corrected chi connectivity index (χ2v) is 4.03. The molecule has 0 bridgehead atoms. The third-order valence-corrected chi connectivity index (χ3v) is 2.56. The van der Waals surface area contributed by atoms with E-state index >= 15 is 0 Å². The molecule has 0 saturated carbocycles. The molecule has 0 aliphatic rings. The largest absolute Gasteiger partial charge is 0.351 e. The molecule has 1 unspecified atom stereocenters. The third-order valence-electron chi connectivity index (χ3n) is 1.57. The van der Waals surface area contributed by atoms with Crippen molar-refractivity contribution < 1.29 is 4.79 Å². The number of carbonyl (C=O) groups excluding carboxylic acids is 1. The summed E-state index contributed by atoms with van der Waals surface area (Å²) in [5, 5.41) is 2.47. The fourth-order valence-electron chi connectivity index (χ4n) is 1.02. The molecule has 0 aromatic carbocycles. The second kappa shape index (κ2) is 4.39. The van der Waals surface area contributed by atoms with Gasteiger partial charge in [0, 0.05) is 18.0 Å². The van der Waals surface area contributed by atoms with Gasteiger partial charge in [0.1, 0.15) is 0 Å². The molecule has 1 aromatic rings. The van der Waals surface area contributed by atoms with Crippen LogP contribution < -0.4 is 16.4 Å². The van der Waals surface area contributed by atoms with E-state index < -0.39 is 6.03 Å². The molecule has 0 radical (unpaired) electrons. The summed E-state index contributed by atoms with van der Waals surface area (Å²) in [5.74, 6) is 0. The average Bonchev–Trinajstić information content (AvgIpc) is 2.46. The lowest BCUT2D eigenvalue weighted by Gasteiger charge is -2.18. The highest BCUT2D eigenvalue weighted by Gasteiger charge is 2.16. The Kier molecular flexibility index (Phi) is 3.43. The van der Waals surface area contributed by atoms with Gasteiger partial charge in [-0.05, 0) is 13.8 Å². The number of rotatable bonds is 3. The van der Waals surface area contributed by atoms with Crippen molar-refractivity contribution in [2.75, 3.05) is 11.4 Å². The van der Waals surface area contributed by atoms with Crippen molar-refractivity contribution in [1.29, 1.82) is 0 Å². The number of aryl methyl sites for hydroxylation is 1. The smallest absolute Gasteiger partial charge is 0.321 e. The monoisotopic (exact) mass is 214 g/mol. The van der Waals surface area contributed by atoms with Crippen molar-refractivity contribution in [3.05, 3.63) is 11.1 Å². The Balaban J connectivity index is 2.83. The summed E-state index contributed by atoms with van der Waals surface area (Å²) in [6.45, 7) is 4.07. The summed E-state index contributed by atoms with van der Waals surface area (Å²) in [6.07, 6.45) is 0. The van der Waals surface area contributed by atoms with Crippen molar-refractivity contribution in [3.63, 3.8) is 0 Å². The van der Waals surface area contributed by atoms with Crippen LogP contribution in [-0.4, -0.2) is 23.6 Å². The van der Waals surface area contributed by atoms with Gasteiger partial charge in [0.05, 0.1) is 5.69 Å². The van der Waals surface area contributed by atoms with Gasteiger partial charge in [-0.15, -0.1) is 11.3 Å². The van der Waals surface area contributed by atoms with Crippen molar-refractivity contribution in [3.8, 4) is 0 Å². The van der Waals surface area contributed by atoms with Gasteiger partial charge in [0.25, 0.3) is 0 Å². The quantitative estimate of drug-likeness (QED) is 0.776. The number of aromatic nitrogens is 1. The van der Waals surface area contributed by atoms with Gasteiger partial charge >= 0.3 is 6.03 Å². The first-order chi connectivity index (χ1) is 6.50. The number of hydrogen-bond acceptors (Lipinski definition) is 4. The van der Waals surface area contributed by atoms with Crippen LogP contribution >= 0.6 is 11.3 Å². The number of nitrogens with zero attached hydrogens (tertiary/aromatic N) is 2. The summed E-state index contributed by atoms with van der Waals surface area (Å²) in [6, 6.07) is -0.636. The highest BCUT2D eigenvalue weighted by molar-refractivity contribution is 7.14. The highest BCUT2D eigenvalue weighted by atomic mass is 32.1. The van der Waals surface area contributed by atoms with E-state index in [-0.39, 0.29) is 6.04 Å². The van der Waals surface area contributed by atoms with Gasteiger partial charge in [0.2, 0.25) is 0 Å². The van der Waals surface area contributed by atoms with Gasteiger partial charge in [-0.25, -0.2) is 9.78 Å². The zero-order chi connectivity index (χ0) is 10.7. The lowest BCUT2D eigenvalue weighted by atomic mass is 10.3. The molecule has 1 aromatic heterocycles. The molecule has 0 saturated heterocycles. The Morgan fingerprint density at radius 1 is 1.79 bits per heavy atom. The summed E-state index contributed by atoms with van der Waals surface area (Å²) < 4.78 is 0. The summed E-state index contributed by atoms with van der Waals surface area (Å²) in [7, 11) is 0. The summed E-state index contributed by atoms with van der Waals surface area (Å²) >= 11 is 1.39. The van der Waals surface area contributed by atoms with Gasteiger partial charge < -0.3 is 11.5 Å². The van der Waals surface area contributed by atoms with Crippen LogP contribution in [0.25, 0.3) is 0 Å². The van der Waals surface area contributed by atoms with Crippen molar-refractivity contribution >= 4 is 22.5 Å². The molecule has 0 aliphatic carbocycles. The maximum absolute atomic E-state index is 11.1. The van der Waals surface area contributed by atoms with Crippen LogP contribution in [0.4, 0.5) is 9.93 Å². The zero-order valence-electron chi connectivity index (χ0n) is 8.23. The van der Waals surface area contributed by atoms with Crippen LogP contribution in [0, 0.1) is 6.92 Å². The lowest BCUT2D eigenvalue weighted by Crippen LogP contribution is -2.42. The number of hydrogen-bond donors (Lipinski definition) is 2. The maximum Gasteiger partial charge on any atom is 0.321 e. The number of thiazole rings is 1. The van der Waals surface area contributed by atoms with E-state index in [0.717, 1.165) is 5.69 Å². The van der Waals surface area contributed by atoms with E-state index in [4.69, 9.17) is 11.5 Å². The number of carbonyl (C=O) groups is 1.